The van der Waals surface area contributed by atoms with E-state index in [0.29, 0.717) is 19.0 Å². The van der Waals surface area contributed by atoms with E-state index in [1.54, 1.807) is 0 Å². The van der Waals surface area contributed by atoms with Crippen molar-refractivity contribution < 1.29 is 9.53 Å². The molecule has 21 heavy (non-hydrogen) atoms. The molecule has 1 amide bonds. The molecule has 0 spiro atoms. The van der Waals surface area contributed by atoms with Crippen LogP contribution in [0.3, 0.4) is 0 Å². The first-order valence-electron chi connectivity index (χ1n) is 7.74. The lowest BCUT2D eigenvalue weighted by Crippen LogP contribution is -2.40. The van der Waals surface area contributed by atoms with Crippen LogP contribution in [0.4, 0.5) is 5.69 Å². The molecule has 1 aromatic rings. The largest absolute Gasteiger partial charge is 0.382 e. The summed E-state index contributed by atoms with van der Waals surface area (Å²) in [6, 6.07) is 8.58. The minimum absolute atomic E-state index is 0.0475. The lowest BCUT2D eigenvalue weighted by Gasteiger charge is -2.36. The first kappa shape index (κ1) is 15.8. The van der Waals surface area contributed by atoms with Gasteiger partial charge in [-0.25, -0.2) is 0 Å². The van der Waals surface area contributed by atoms with Gasteiger partial charge in [0.25, 0.3) is 0 Å². The molecule has 1 aromatic carbocycles. The van der Waals surface area contributed by atoms with Crippen molar-refractivity contribution in [2.75, 3.05) is 18.5 Å². The molecule has 0 radical (unpaired) electrons. The minimum Gasteiger partial charge on any atom is -0.382 e. The van der Waals surface area contributed by atoms with Crippen molar-refractivity contribution in [3.05, 3.63) is 29.8 Å². The first-order chi connectivity index (χ1) is 9.98. The maximum atomic E-state index is 11.5. The number of likely N-dealkylation sites (N-methyl/N-ethyl adjacent to an activating group) is 1. The maximum Gasteiger partial charge on any atom is 0.224 e. The number of rotatable bonds is 5. The van der Waals surface area contributed by atoms with Crippen molar-refractivity contribution in [1.29, 1.82) is 0 Å². The topological polar surface area (TPSA) is 50.4 Å². The molecule has 1 fully saturated rings. The zero-order valence-electron chi connectivity index (χ0n) is 13.2. The van der Waals surface area contributed by atoms with Gasteiger partial charge >= 0.3 is 0 Å². The normalized spacial score (nSPS) is 20.8. The zero-order valence-corrected chi connectivity index (χ0v) is 13.2. The molecule has 4 heteroatoms. The predicted octanol–water partition coefficient (Wildman–Crippen LogP) is 2.73. The molecule has 116 valence electrons. The van der Waals surface area contributed by atoms with Crippen LogP contribution in [0.2, 0.25) is 0 Å². The van der Waals surface area contributed by atoms with Gasteiger partial charge in [-0.2, -0.15) is 0 Å². The number of carbonyl (C=O) groups is 1. The fourth-order valence-electron chi connectivity index (χ4n) is 2.75. The SMILES string of the molecule is CCNC(=O)Cc1ccc(NC2CCOC(C)(C)C2)cc1. The molecular formula is C17H26N2O2. The standard InChI is InChI=1S/C17H26N2O2/c1-4-18-16(20)11-13-5-7-14(8-6-13)19-15-9-10-21-17(2,3)12-15/h5-8,15,19H,4,9-12H2,1-3H3,(H,18,20). The number of benzene rings is 1. The van der Waals surface area contributed by atoms with Gasteiger partial charge < -0.3 is 15.4 Å². The Morgan fingerprint density at radius 1 is 1.33 bits per heavy atom. The number of amides is 1. The molecule has 1 aliphatic heterocycles. The van der Waals surface area contributed by atoms with E-state index >= 15 is 0 Å². The Kier molecular flexibility index (Phi) is 5.23. The van der Waals surface area contributed by atoms with E-state index in [9.17, 15) is 4.79 Å². The molecule has 2 rings (SSSR count). The average molecular weight is 290 g/mol. The molecule has 0 bridgehead atoms. The van der Waals surface area contributed by atoms with Gasteiger partial charge in [-0.05, 0) is 51.3 Å². The van der Waals surface area contributed by atoms with Gasteiger partial charge in [0.05, 0.1) is 12.0 Å². The first-order valence-corrected chi connectivity index (χ1v) is 7.74. The van der Waals surface area contributed by atoms with E-state index in [2.05, 4.69) is 36.6 Å². The molecule has 0 saturated carbocycles. The van der Waals surface area contributed by atoms with Gasteiger partial charge in [0, 0.05) is 24.9 Å². The monoisotopic (exact) mass is 290 g/mol. The molecule has 1 aliphatic rings. The number of ether oxygens (including phenoxy) is 1. The summed E-state index contributed by atoms with van der Waals surface area (Å²) in [6.45, 7) is 7.69. The van der Waals surface area contributed by atoms with Crippen LogP contribution in [0.1, 0.15) is 39.2 Å². The molecule has 0 aliphatic carbocycles. The lowest BCUT2D eigenvalue weighted by molar-refractivity contribution is -0.120. The smallest absolute Gasteiger partial charge is 0.224 e. The second-order valence-corrected chi connectivity index (χ2v) is 6.27. The number of hydrogen-bond donors (Lipinski definition) is 2. The van der Waals surface area contributed by atoms with E-state index in [-0.39, 0.29) is 11.5 Å². The molecule has 1 heterocycles. The quantitative estimate of drug-likeness (QED) is 0.876. The van der Waals surface area contributed by atoms with Crippen molar-refractivity contribution >= 4 is 11.6 Å². The summed E-state index contributed by atoms with van der Waals surface area (Å²) in [5, 5.41) is 6.38. The average Bonchev–Trinajstić information content (AvgIpc) is 2.40. The Labute approximate surface area is 127 Å². The summed E-state index contributed by atoms with van der Waals surface area (Å²) in [5.74, 6) is 0.0735. The van der Waals surface area contributed by atoms with E-state index in [1.807, 2.05) is 19.1 Å². The van der Waals surface area contributed by atoms with E-state index in [1.165, 1.54) is 0 Å². The van der Waals surface area contributed by atoms with Crippen molar-refractivity contribution in [3.63, 3.8) is 0 Å². The van der Waals surface area contributed by atoms with Crippen LogP contribution in [0, 0.1) is 0 Å². The third kappa shape index (κ3) is 5.05. The highest BCUT2D eigenvalue weighted by Gasteiger charge is 2.28. The van der Waals surface area contributed by atoms with Crippen molar-refractivity contribution in [1.82, 2.24) is 5.32 Å². The van der Waals surface area contributed by atoms with Crippen LogP contribution in [-0.4, -0.2) is 30.7 Å². The zero-order chi connectivity index (χ0) is 15.3. The third-order valence-electron chi connectivity index (χ3n) is 3.76. The maximum absolute atomic E-state index is 11.5. The Morgan fingerprint density at radius 2 is 2.05 bits per heavy atom. The summed E-state index contributed by atoms with van der Waals surface area (Å²) in [5.41, 5.74) is 2.10. The molecule has 4 nitrogen and oxygen atoms in total. The van der Waals surface area contributed by atoms with Gasteiger partial charge in [-0.15, -0.1) is 0 Å². The molecule has 1 unspecified atom stereocenters. The molecule has 0 aromatic heterocycles. The van der Waals surface area contributed by atoms with Gasteiger partial charge in [0.1, 0.15) is 0 Å². The van der Waals surface area contributed by atoms with E-state index in [0.717, 1.165) is 30.7 Å². The van der Waals surface area contributed by atoms with Crippen molar-refractivity contribution in [2.45, 2.75) is 51.7 Å². The molecular weight excluding hydrogens is 264 g/mol. The van der Waals surface area contributed by atoms with Gasteiger partial charge in [-0.3, -0.25) is 4.79 Å². The summed E-state index contributed by atoms with van der Waals surface area (Å²) in [4.78, 5) is 11.5. The number of carbonyl (C=O) groups excluding carboxylic acids is 1. The molecule has 2 N–H and O–H groups in total. The Balaban J connectivity index is 1.89. The predicted molar refractivity (Wildman–Crippen MR) is 85.5 cm³/mol. The Bertz CT molecular complexity index is 468. The van der Waals surface area contributed by atoms with Crippen LogP contribution in [-0.2, 0) is 16.0 Å². The van der Waals surface area contributed by atoms with Crippen LogP contribution < -0.4 is 10.6 Å². The van der Waals surface area contributed by atoms with Crippen LogP contribution in [0.25, 0.3) is 0 Å². The lowest BCUT2D eigenvalue weighted by atomic mass is 9.94. The fourth-order valence-corrected chi connectivity index (χ4v) is 2.75. The summed E-state index contributed by atoms with van der Waals surface area (Å²) < 4.78 is 5.73. The Hall–Kier alpha value is -1.55. The van der Waals surface area contributed by atoms with Crippen molar-refractivity contribution in [2.24, 2.45) is 0 Å². The highest BCUT2D eigenvalue weighted by Crippen LogP contribution is 2.26. The van der Waals surface area contributed by atoms with E-state index in [4.69, 9.17) is 4.74 Å². The third-order valence-corrected chi connectivity index (χ3v) is 3.76. The van der Waals surface area contributed by atoms with Crippen LogP contribution >= 0.6 is 0 Å². The fraction of sp³-hybridized carbons (Fsp3) is 0.588. The number of nitrogens with one attached hydrogen (secondary N) is 2. The molecule has 1 saturated heterocycles. The van der Waals surface area contributed by atoms with Gasteiger partial charge in [0.2, 0.25) is 5.91 Å². The van der Waals surface area contributed by atoms with E-state index < -0.39 is 0 Å². The number of hydrogen-bond acceptors (Lipinski definition) is 3. The number of anilines is 1. The van der Waals surface area contributed by atoms with Crippen LogP contribution in [0.15, 0.2) is 24.3 Å². The summed E-state index contributed by atoms with van der Waals surface area (Å²) in [7, 11) is 0. The molecule has 1 atom stereocenters. The minimum atomic E-state index is -0.0475. The second-order valence-electron chi connectivity index (χ2n) is 6.27. The van der Waals surface area contributed by atoms with Crippen molar-refractivity contribution in [3.8, 4) is 0 Å². The summed E-state index contributed by atoms with van der Waals surface area (Å²) >= 11 is 0. The van der Waals surface area contributed by atoms with Crippen LogP contribution in [0.5, 0.6) is 0 Å². The Morgan fingerprint density at radius 3 is 2.67 bits per heavy atom. The highest BCUT2D eigenvalue weighted by atomic mass is 16.5. The van der Waals surface area contributed by atoms with Gasteiger partial charge in [-0.1, -0.05) is 12.1 Å². The van der Waals surface area contributed by atoms with Gasteiger partial charge in [0.15, 0.2) is 0 Å². The highest BCUT2D eigenvalue weighted by molar-refractivity contribution is 5.78. The second kappa shape index (κ2) is 6.94. The summed E-state index contributed by atoms with van der Waals surface area (Å²) in [6.07, 6.45) is 2.48.